The molecule has 1 aliphatic rings. The minimum absolute atomic E-state index is 0.437. The highest BCUT2D eigenvalue weighted by Gasteiger charge is 2.27. The van der Waals surface area contributed by atoms with Gasteiger partial charge in [0, 0.05) is 28.6 Å². The summed E-state index contributed by atoms with van der Waals surface area (Å²) in [6.45, 7) is 3.20. The molecule has 2 aromatic rings. The van der Waals surface area contributed by atoms with Crippen LogP contribution in [-0.2, 0) is 6.42 Å². The lowest BCUT2D eigenvalue weighted by molar-refractivity contribution is 0.516. The molecular weight excluding hydrogens is 276 g/mol. The number of nitrogens with one attached hydrogen (secondary N) is 1. The van der Waals surface area contributed by atoms with Crippen molar-refractivity contribution in [1.29, 1.82) is 0 Å². The average Bonchev–Trinajstić information content (AvgIpc) is 2.69. The summed E-state index contributed by atoms with van der Waals surface area (Å²) in [4.78, 5) is 5.44. The molecule has 1 aliphatic carbocycles. The van der Waals surface area contributed by atoms with Crippen molar-refractivity contribution < 1.29 is 0 Å². The van der Waals surface area contributed by atoms with E-state index in [0.717, 1.165) is 6.54 Å². The molecule has 110 valence electrons. The number of pyridine rings is 1. The summed E-state index contributed by atoms with van der Waals surface area (Å²) in [5, 5.41) is 4.29. The Morgan fingerprint density at radius 1 is 1.19 bits per heavy atom. The molecule has 0 aliphatic heterocycles. The molecule has 1 aromatic carbocycles. The van der Waals surface area contributed by atoms with Crippen molar-refractivity contribution in [3.63, 3.8) is 0 Å². The van der Waals surface area contributed by atoms with Crippen LogP contribution in [0.4, 0.5) is 0 Å². The van der Waals surface area contributed by atoms with E-state index in [9.17, 15) is 0 Å². The van der Waals surface area contributed by atoms with Gasteiger partial charge < -0.3 is 5.32 Å². The van der Waals surface area contributed by atoms with E-state index in [1.165, 1.54) is 35.3 Å². The van der Waals surface area contributed by atoms with Crippen LogP contribution in [-0.4, -0.2) is 16.8 Å². The van der Waals surface area contributed by atoms with E-state index in [4.69, 9.17) is 0 Å². The van der Waals surface area contributed by atoms with Gasteiger partial charge in [-0.05, 0) is 49.1 Å². The summed E-state index contributed by atoms with van der Waals surface area (Å²) < 4.78 is 0. The van der Waals surface area contributed by atoms with E-state index in [0.29, 0.717) is 11.3 Å². The highest BCUT2D eigenvalue weighted by Crippen LogP contribution is 2.38. The van der Waals surface area contributed by atoms with E-state index < -0.39 is 0 Å². The minimum Gasteiger partial charge on any atom is -0.309 e. The van der Waals surface area contributed by atoms with Crippen LogP contribution in [0.15, 0.2) is 53.7 Å². The molecule has 2 unspecified atom stereocenters. The third-order valence-corrected chi connectivity index (χ3v) is 5.41. The summed E-state index contributed by atoms with van der Waals surface area (Å²) >= 11 is 1.99. The molecule has 1 N–H and O–H groups in total. The highest BCUT2D eigenvalue weighted by molar-refractivity contribution is 8.00. The first-order chi connectivity index (χ1) is 10.4. The van der Waals surface area contributed by atoms with Crippen LogP contribution in [0.25, 0.3) is 0 Å². The fraction of sp³-hybridized carbons (Fsp3) is 0.389. The zero-order chi connectivity index (χ0) is 14.5. The first kappa shape index (κ1) is 14.6. The van der Waals surface area contributed by atoms with Crippen molar-refractivity contribution in [3.05, 3.63) is 59.9 Å². The number of thioether (sulfide) groups is 1. The topological polar surface area (TPSA) is 24.9 Å². The lowest BCUT2D eigenvalue weighted by Crippen LogP contribution is -2.29. The van der Waals surface area contributed by atoms with Crippen LogP contribution in [0.3, 0.4) is 0 Å². The molecule has 0 fully saturated rings. The largest absolute Gasteiger partial charge is 0.309 e. The number of hydrogen-bond acceptors (Lipinski definition) is 3. The monoisotopic (exact) mass is 298 g/mol. The van der Waals surface area contributed by atoms with Gasteiger partial charge in [-0.15, -0.1) is 11.8 Å². The van der Waals surface area contributed by atoms with Gasteiger partial charge in [0.1, 0.15) is 0 Å². The Labute approximate surface area is 131 Å². The van der Waals surface area contributed by atoms with Crippen molar-refractivity contribution in [2.45, 2.75) is 42.4 Å². The van der Waals surface area contributed by atoms with Crippen LogP contribution in [0, 0.1) is 0 Å². The van der Waals surface area contributed by atoms with Crippen molar-refractivity contribution in [2.24, 2.45) is 0 Å². The molecule has 0 bridgehead atoms. The van der Waals surface area contributed by atoms with Crippen LogP contribution in [0.1, 0.15) is 36.9 Å². The predicted octanol–water partition coefficient (Wildman–Crippen LogP) is 4.23. The second kappa shape index (κ2) is 7.10. The minimum atomic E-state index is 0.437. The molecule has 0 radical (unpaired) electrons. The van der Waals surface area contributed by atoms with Crippen LogP contribution < -0.4 is 5.32 Å². The number of hydrogen-bond donors (Lipinski definition) is 1. The van der Waals surface area contributed by atoms with Crippen molar-refractivity contribution in [1.82, 2.24) is 10.3 Å². The fourth-order valence-corrected chi connectivity index (χ4v) is 4.40. The van der Waals surface area contributed by atoms with E-state index in [-0.39, 0.29) is 0 Å². The lowest BCUT2D eigenvalue weighted by Gasteiger charge is -2.27. The van der Waals surface area contributed by atoms with Crippen LogP contribution in [0.2, 0.25) is 0 Å². The molecule has 1 heterocycles. The maximum absolute atomic E-state index is 4.12. The van der Waals surface area contributed by atoms with Crippen LogP contribution in [0.5, 0.6) is 0 Å². The predicted molar refractivity (Wildman–Crippen MR) is 89.7 cm³/mol. The molecule has 3 heteroatoms. The van der Waals surface area contributed by atoms with Gasteiger partial charge in [0.2, 0.25) is 0 Å². The molecule has 0 saturated heterocycles. The first-order valence-electron chi connectivity index (χ1n) is 7.76. The number of rotatable bonds is 4. The highest BCUT2D eigenvalue weighted by atomic mass is 32.2. The van der Waals surface area contributed by atoms with Gasteiger partial charge in [-0.3, -0.25) is 4.98 Å². The SMILES string of the molecule is CCNC1c2ccccc2CCCC1Sc1ccncc1. The Bertz CT molecular complexity index is 570. The van der Waals surface area contributed by atoms with Gasteiger partial charge in [-0.2, -0.15) is 0 Å². The van der Waals surface area contributed by atoms with Gasteiger partial charge in [0.05, 0.1) is 0 Å². The Kier molecular flexibility index (Phi) is 4.94. The molecule has 1 aromatic heterocycles. The number of aryl methyl sites for hydroxylation is 1. The second-order valence-corrected chi connectivity index (χ2v) is 6.78. The molecule has 0 spiro atoms. The molecule has 0 saturated carbocycles. The molecule has 2 atom stereocenters. The van der Waals surface area contributed by atoms with Gasteiger partial charge in [-0.25, -0.2) is 0 Å². The van der Waals surface area contributed by atoms with Gasteiger partial charge in [-0.1, -0.05) is 31.2 Å². The van der Waals surface area contributed by atoms with Gasteiger partial charge in [0.25, 0.3) is 0 Å². The molecule has 2 nitrogen and oxygen atoms in total. The normalized spacial score (nSPS) is 21.6. The quantitative estimate of drug-likeness (QED) is 0.855. The second-order valence-electron chi connectivity index (χ2n) is 5.47. The molecular formula is C18H22N2S. The Balaban J connectivity index is 1.88. The summed E-state index contributed by atoms with van der Waals surface area (Å²) in [7, 11) is 0. The third-order valence-electron chi connectivity index (χ3n) is 4.06. The van der Waals surface area contributed by atoms with Gasteiger partial charge >= 0.3 is 0 Å². The summed E-state index contributed by atoms with van der Waals surface area (Å²) in [5.41, 5.74) is 3.00. The zero-order valence-corrected chi connectivity index (χ0v) is 13.3. The van der Waals surface area contributed by atoms with E-state index >= 15 is 0 Å². The van der Waals surface area contributed by atoms with E-state index in [2.05, 4.69) is 53.6 Å². The Hall–Kier alpha value is -1.32. The van der Waals surface area contributed by atoms with Crippen molar-refractivity contribution in [3.8, 4) is 0 Å². The van der Waals surface area contributed by atoms with Crippen molar-refractivity contribution >= 4 is 11.8 Å². The number of nitrogens with zero attached hydrogens (tertiary/aromatic N) is 1. The smallest absolute Gasteiger partial charge is 0.0446 e. The molecule has 0 amide bonds. The van der Waals surface area contributed by atoms with Gasteiger partial charge in [0.15, 0.2) is 0 Å². The molecule has 21 heavy (non-hydrogen) atoms. The third kappa shape index (κ3) is 3.47. The zero-order valence-electron chi connectivity index (χ0n) is 12.5. The summed E-state index contributed by atoms with van der Waals surface area (Å²) in [6.07, 6.45) is 7.48. The first-order valence-corrected chi connectivity index (χ1v) is 8.64. The lowest BCUT2D eigenvalue weighted by atomic mass is 9.99. The number of aromatic nitrogens is 1. The standard InChI is InChI=1S/C18H22N2S/c1-2-20-18-16-8-4-3-6-14(16)7-5-9-17(18)21-15-10-12-19-13-11-15/h3-4,6,8,10-13,17-18,20H,2,5,7,9H2,1H3. The van der Waals surface area contributed by atoms with Crippen LogP contribution >= 0.6 is 11.8 Å². The maximum Gasteiger partial charge on any atom is 0.0446 e. The van der Waals surface area contributed by atoms with Crippen molar-refractivity contribution in [2.75, 3.05) is 6.54 Å². The van der Waals surface area contributed by atoms with E-state index in [1.807, 2.05) is 24.2 Å². The Morgan fingerprint density at radius 3 is 2.81 bits per heavy atom. The summed E-state index contributed by atoms with van der Waals surface area (Å²) in [5.74, 6) is 0. The average molecular weight is 298 g/mol. The number of benzene rings is 1. The summed E-state index contributed by atoms with van der Waals surface area (Å²) in [6, 6.07) is 13.6. The maximum atomic E-state index is 4.12. The van der Waals surface area contributed by atoms with E-state index in [1.54, 1.807) is 0 Å². The Morgan fingerprint density at radius 2 is 2.00 bits per heavy atom. The number of fused-ring (bicyclic) bond motifs is 1. The molecule has 3 rings (SSSR count). The fourth-order valence-electron chi connectivity index (χ4n) is 3.11.